The second-order valence-corrected chi connectivity index (χ2v) is 4.98. The van der Waals surface area contributed by atoms with Crippen LogP contribution in [0, 0.1) is 0 Å². The van der Waals surface area contributed by atoms with E-state index < -0.39 is 12.2 Å². The monoisotopic (exact) mass is 260 g/mol. The standard InChI is InChI=1S/C10H16N2O4S/c1-12-6(3-13)2-11-10(12)17-5-8-9(15)7(14)4-16-8/h2,7-9,13-15H,3-5H2,1H3. The summed E-state index contributed by atoms with van der Waals surface area (Å²) >= 11 is 1.43. The third kappa shape index (κ3) is 2.63. The number of imidazole rings is 1. The average Bonchev–Trinajstić information content (AvgIpc) is 2.83. The SMILES string of the molecule is Cn1c(CO)cnc1SCC1OCC(O)C1O. The number of nitrogens with zero attached hydrogens (tertiary/aromatic N) is 2. The van der Waals surface area contributed by atoms with E-state index in [1.807, 2.05) is 7.05 Å². The van der Waals surface area contributed by atoms with Crippen LogP contribution in [0.4, 0.5) is 0 Å². The highest BCUT2D eigenvalue weighted by Crippen LogP contribution is 2.23. The van der Waals surface area contributed by atoms with E-state index in [4.69, 9.17) is 9.84 Å². The summed E-state index contributed by atoms with van der Waals surface area (Å²) in [6, 6.07) is 0. The third-order valence-electron chi connectivity index (χ3n) is 2.84. The van der Waals surface area contributed by atoms with Crippen LogP contribution in [0.1, 0.15) is 5.69 Å². The quantitative estimate of drug-likeness (QED) is 0.610. The van der Waals surface area contributed by atoms with Gasteiger partial charge in [-0.25, -0.2) is 4.98 Å². The zero-order valence-corrected chi connectivity index (χ0v) is 10.3. The van der Waals surface area contributed by atoms with Crippen LogP contribution in [0.5, 0.6) is 0 Å². The number of aliphatic hydroxyl groups excluding tert-OH is 3. The number of hydrogen-bond acceptors (Lipinski definition) is 6. The Kier molecular flexibility index (Phi) is 4.05. The molecule has 1 aliphatic heterocycles. The summed E-state index contributed by atoms with van der Waals surface area (Å²) in [4.78, 5) is 4.16. The summed E-state index contributed by atoms with van der Waals surface area (Å²) in [5.41, 5.74) is 0.737. The average molecular weight is 260 g/mol. The Morgan fingerprint density at radius 2 is 2.35 bits per heavy atom. The number of ether oxygens (including phenoxy) is 1. The number of hydrogen-bond donors (Lipinski definition) is 3. The fraction of sp³-hybridized carbons (Fsp3) is 0.700. The van der Waals surface area contributed by atoms with Crippen LogP contribution in [-0.4, -0.2) is 55.5 Å². The van der Waals surface area contributed by atoms with E-state index in [1.165, 1.54) is 11.8 Å². The summed E-state index contributed by atoms with van der Waals surface area (Å²) in [6.07, 6.45) is -0.386. The van der Waals surface area contributed by atoms with Gasteiger partial charge in [-0.15, -0.1) is 0 Å². The van der Waals surface area contributed by atoms with Crippen molar-refractivity contribution in [1.82, 2.24) is 9.55 Å². The molecule has 0 amide bonds. The van der Waals surface area contributed by atoms with Gasteiger partial charge in [0.2, 0.25) is 0 Å². The molecule has 1 saturated heterocycles. The summed E-state index contributed by atoms with van der Waals surface area (Å²) < 4.78 is 7.06. The maximum atomic E-state index is 9.60. The Bertz CT molecular complexity index is 384. The first-order valence-corrected chi connectivity index (χ1v) is 6.34. The van der Waals surface area contributed by atoms with Crippen molar-refractivity contribution in [2.75, 3.05) is 12.4 Å². The molecule has 0 radical (unpaired) electrons. The Hall–Kier alpha value is -0.600. The summed E-state index contributed by atoms with van der Waals surface area (Å²) in [5.74, 6) is 0.522. The highest BCUT2D eigenvalue weighted by Gasteiger charge is 2.34. The van der Waals surface area contributed by atoms with Gasteiger partial charge in [0.15, 0.2) is 5.16 Å². The van der Waals surface area contributed by atoms with Crippen molar-refractivity contribution >= 4 is 11.8 Å². The van der Waals surface area contributed by atoms with E-state index in [0.29, 0.717) is 5.75 Å². The van der Waals surface area contributed by atoms with Crippen molar-refractivity contribution in [3.63, 3.8) is 0 Å². The molecule has 0 aliphatic carbocycles. The van der Waals surface area contributed by atoms with Gasteiger partial charge in [-0.3, -0.25) is 0 Å². The fourth-order valence-corrected chi connectivity index (χ4v) is 2.72. The highest BCUT2D eigenvalue weighted by atomic mass is 32.2. The van der Waals surface area contributed by atoms with Gasteiger partial charge in [-0.05, 0) is 0 Å². The minimum Gasteiger partial charge on any atom is -0.390 e. The smallest absolute Gasteiger partial charge is 0.168 e. The largest absolute Gasteiger partial charge is 0.390 e. The molecule has 3 atom stereocenters. The van der Waals surface area contributed by atoms with Gasteiger partial charge in [0.25, 0.3) is 0 Å². The van der Waals surface area contributed by atoms with Crippen molar-refractivity contribution in [2.24, 2.45) is 7.05 Å². The lowest BCUT2D eigenvalue weighted by Crippen LogP contribution is -2.31. The molecular formula is C10H16N2O4S. The second kappa shape index (κ2) is 5.36. The molecule has 2 heterocycles. The molecule has 0 spiro atoms. The van der Waals surface area contributed by atoms with Crippen molar-refractivity contribution in [1.29, 1.82) is 0 Å². The fourth-order valence-electron chi connectivity index (χ4n) is 1.68. The van der Waals surface area contributed by atoms with Crippen LogP contribution in [0.2, 0.25) is 0 Å². The Morgan fingerprint density at radius 3 is 2.88 bits per heavy atom. The molecule has 1 aromatic rings. The normalized spacial score (nSPS) is 28.8. The molecule has 1 aromatic heterocycles. The summed E-state index contributed by atoms with van der Waals surface area (Å²) in [5, 5.41) is 28.7. The summed E-state index contributed by atoms with van der Waals surface area (Å²) in [6.45, 7) is 0.125. The third-order valence-corrected chi connectivity index (χ3v) is 3.97. The van der Waals surface area contributed by atoms with E-state index in [2.05, 4.69) is 4.98 Å². The van der Waals surface area contributed by atoms with Crippen LogP contribution in [-0.2, 0) is 18.4 Å². The lowest BCUT2D eigenvalue weighted by atomic mass is 10.2. The minimum atomic E-state index is -0.833. The Morgan fingerprint density at radius 1 is 1.59 bits per heavy atom. The van der Waals surface area contributed by atoms with Crippen molar-refractivity contribution in [3.05, 3.63) is 11.9 Å². The first kappa shape index (κ1) is 12.8. The van der Waals surface area contributed by atoms with Gasteiger partial charge in [0.05, 0.1) is 31.2 Å². The lowest BCUT2D eigenvalue weighted by molar-refractivity contribution is 0.0337. The lowest BCUT2D eigenvalue weighted by Gasteiger charge is -2.14. The second-order valence-electron chi connectivity index (χ2n) is 3.99. The van der Waals surface area contributed by atoms with E-state index in [0.717, 1.165) is 10.9 Å². The van der Waals surface area contributed by atoms with E-state index in [9.17, 15) is 10.2 Å². The van der Waals surface area contributed by atoms with Crippen LogP contribution < -0.4 is 0 Å². The minimum absolute atomic E-state index is 0.0503. The molecule has 96 valence electrons. The van der Waals surface area contributed by atoms with Gasteiger partial charge in [-0.2, -0.15) is 0 Å². The molecular weight excluding hydrogens is 244 g/mol. The number of rotatable bonds is 4. The van der Waals surface area contributed by atoms with Gasteiger partial charge in [0, 0.05) is 12.8 Å². The van der Waals surface area contributed by atoms with Gasteiger partial charge in [-0.1, -0.05) is 11.8 Å². The molecule has 0 bridgehead atoms. The van der Waals surface area contributed by atoms with Gasteiger partial charge >= 0.3 is 0 Å². The van der Waals surface area contributed by atoms with Crippen molar-refractivity contribution < 1.29 is 20.1 Å². The number of aromatic nitrogens is 2. The van der Waals surface area contributed by atoms with E-state index in [-0.39, 0.29) is 19.3 Å². The number of thioether (sulfide) groups is 1. The summed E-state index contributed by atoms with van der Waals surface area (Å²) in [7, 11) is 1.82. The molecule has 6 nitrogen and oxygen atoms in total. The van der Waals surface area contributed by atoms with Crippen molar-refractivity contribution in [2.45, 2.75) is 30.1 Å². The predicted octanol–water partition coefficient (Wildman–Crippen LogP) is -0.875. The molecule has 0 aromatic carbocycles. The Balaban J connectivity index is 1.91. The maximum Gasteiger partial charge on any atom is 0.168 e. The zero-order chi connectivity index (χ0) is 12.4. The number of aliphatic hydroxyl groups is 3. The molecule has 1 aliphatic rings. The molecule has 2 rings (SSSR count). The van der Waals surface area contributed by atoms with Crippen molar-refractivity contribution in [3.8, 4) is 0 Å². The van der Waals surface area contributed by atoms with Crippen LogP contribution >= 0.6 is 11.8 Å². The molecule has 3 unspecified atom stereocenters. The molecule has 7 heteroatoms. The molecule has 1 fully saturated rings. The zero-order valence-electron chi connectivity index (χ0n) is 9.48. The van der Waals surface area contributed by atoms with Crippen LogP contribution in [0.15, 0.2) is 11.4 Å². The van der Waals surface area contributed by atoms with E-state index in [1.54, 1.807) is 10.8 Å². The van der Waals surface area contributed by atoms with Crippen LogP contribution in [0.3, 0.4) is 0 Å². The first-order valence-electron chi connectivity index (χ1n) is 5.35. The van der Waals surface area contributed by atoms with E-state index >= 15 is 0 Å². The maximum absolute atomic E-state index is 9.60. The molecule has 17 heavy (non-hydrogen) atoms. The van der Waals surface area contributed by atoms with Crippen LogP contribution in [0.25, 0.3) is 0 Å². The highest BCUT2D eigenvalue weighted by molar-refractivity contribution is 7.99. The molecule has 3 N–H and O–H groups in total. The predicted molar refractivity (Wildman–Crippen MR) is 61.6 cm³/mol. The Labute approximate surface area is 103 Å². The topological polar surface area (TPSA) is 87.7 Å². The van der Waals surface area contributed by atoms with Gasteiger partial charge < -0.3 is 24.6 Å². The molecule has 0 saturated carbocycles. The first-order chi connectivity index (χ1) is 8.13. The van der Waals surface area contributed by atoms with Gasteiger partial charge in [0.1, 0.15) is 12.2 Å².